The molecule has 4 aromatic rings. The molecule has 0 spiro atoms. The molecule has 0 radical (unpaired) electrons. The third-order valence-electron chi connectivity index (χ3n) is 6.31. The second kappa shape index (κ2) is 8.73. The summed E-state index contributed by atoms with van der Waals surface area (Å²) in [5.74, 6) is 1.32. The molecule has 5 rings (SSSR count). The van der Waals surface area contributed by atoms with E-state index in [2.05, 4.69) is 22.0 Å². The van der Waals surface area contributed by atoms with E-state index in [1.54, 1.807) is 13.4 Å². The predicted octanol–water partition coefficient (Wildman–Crippen LogP) is 5.89. The summed E-state index contributed by atoms with van der Waals surface area (Å²) in [7, 11) is 1.67. The maximum Gasteiger partial charge on any atom is 0.231 e. The van der Waals surface area contributed by atoms with Crippen molar-refractivity contribution in [3.8, 4) is 22.7 Å². The average molecular weight is 447 g/mol. The minimum absolute atomic E-state index is 0.104. The van der Waals surface area contributed by atoms with Gasteiger partial charge < -0.3 is 18.7 Å². The molecular formula is C26H27FN4O2. The molecule has 0 saturated heterocycles. The van der Waals surface area contributed by atoms with Gasteiger partial charge >= 0.3 is 0 Å². The van der Waals surface area contributed by atoms with E-state index in [1.165, 1.54) is 12.1 Å². The van der Waals surface area contributed by atoms with Gasteiger partial charge in [0, 0.05) is 23.9 Å². The molecule has 1 atom stereocenters. The van der Waals surface area contributed by atoms with Crippen LogP contribution in [0.4, 0.5) is 10.3 Å². The summed E-state index contributed by atoms with van der Waals surface area (Å²) in [5.41, 5.74) is 5.84. The number of rotatable bonds is 6. The van der Waals surface area contributed by atoms with Crippen LogP contribution in [0.5, 0.6) is 5.75 Å². The number of aryl methyl sites for hydroxylation is 1. The number of fused-ring (bicyclic) bond motifs is 1. The van der Waals surface area contributed by atoms with E-state index in [4.69, 9.17) is 9.26 Å². The van der Waals surface area contributed by atoms with E-state index in [-0.39, 0.29) is 11.9 Å². The highest BCUT2D eigenvalue weighted by Crippen LogP contribution is 2.41. The van der Waals surface area contributed by atoms with Crippen molar-refractivity contribution in [2.45, 2.75) is 39.2 Å². The quantitative estimate of drug-likeness (QED) is 0.370. The maximum atomic E-state index is 13.5. The summed E-state index contributed by atoms with van der Waals surface area (Å²) in [5, 5.41) is 4.47. The van der Waals surface area contributed by atoms with Crippen molar-refractivity contribution < 1.29 is 13.7 Å². The van der Waals surface area contributed by atoms with E-state index >= 15 is 0 Å². The number of hydrogen-bond acceptors (Lipinski definition) is 5. The molecule has 0 aliphatic carbocycles. The lowest BCUT2D eigenvalue weighted by molar-refractivity contribution is 0.395. The van der Waals surface area contributed by atoms with E-state index in [1.807, 2.05) is 48.0 Å². The number of methoxy groups -OCH3 is 1. The summed E-state index contributed by atoms with van der Waals surface area (Å²) < 4.78 is 27.0. The summed E-state index contributed by atoms with van der Waals surface area (Å²) >= 11 is 0. The van der Waals surface area contributed by atoms with Gasteiger partial charge in [0.15, 0.2) is 0 Å². The van der Waals surface area contributed by atoms with Crippen molar-refractivity contribution in [2.24, 2.45) is 0 Å². The number of ether oxygens (including phenoxy) is 1. The minimum atomic E-state index is -0.224. The van der Waals surface area contributed by atoms with Crippen LogP contribution in [-0.4, -0.2) is 28.4 Å². The smallest absolute Gasteiger partial charge is 0.231 e. The average Bonchev–Trinajstić information content (AvgIpc) is 3.47. The fraction of sp³-hybridized carbons (Fsp3) is 0.308. The number of aromatic nitrogens is 3. The summed E-state index contributed by atoms with van der Waals surface area (Å²) in [6.07, 6.45) is 6.53. The van der Waals surface area contributed by atoms with E-state index in [0.29, 0.717) is 0 Å². The van der Waals surface area contributed by atoms with E-state index in [0.717, 1.165) is 71.2 Å². The van der Waals surface area contributed by atoms with Gasteiger partial charge in [0.1, 0.15) is 17.3 Å². The molecule has 1 aliphatic rings. The van der Waals surface area contributed by atoms with Crippen LogP contribution in [0.2, 0.25) is 0 Å². The molecular weight excluding hydrogens is 419 g/mol. The van der Waals surface area contributed by atoms with Gasteiger partial charge in [-0.2, -0.15) is 0 Å². The number of imidazole rings is 1. The molecule has 3 heterocycles. The number of hydrogen-bond donors (Lipinski definition) is 0. The number of anilines is 1. The standard InChI is InChI=1S/C26H27FN4O2/c1-4-22(18-7-10-20(27)11-8-18)31-13-5-6-21-25(29-33-26(21)31)19-9-12-23(24(14-19)32-3)30-15-17(2)28-16-30/h7-12,14-16,22H,4-6,13H2,1-3H3. The topological polar surface area (TPSA) is 56.3 Å². The second-order valence-corrected chi connectivity index (χ2v) is 8.40. The highest BCUT2D eigenvalue weighted by molar-refractivity contribution is 5.72. The Balaban J connectivity index is 1.51. The lowest BCUT2D eigenvalue weighted by Gasteiger charge is -2.34. The van der Waals surface area contributed by atoms with Crippen molar-refractivity contribution >= 4 is 5.88 Å². The molecule has 2 aromatic heterocycles. The fourth-order valence-corrected chi connectivity index (χ4v) is 4.72. The van der Waals surface area contributed by atoms with Crippen molar-refractivity contribution in [3.05, 3.63) is 77.6 Å². The van der Waals surface area contributed by atoms with Crippen LogP contribution >= 0.6 is 0 Å². The summed E-state index contributed by atoms with van der Waals surface area (Å²) in [6, 6.07) is 12.9. The van der Waals surface area contributed by atoms with Crippen LogP contribution in [0.15, 0.2) is 59.5 Å². The number of benzene rings is 2. The molecule has 1 unspecified atom stereocenters. The first kappa shape index (κ1) is 21.2. The molecule has 0 fully saturated rings. The Hall–Kier alpha value is -3.61. The lowest BCUT2D eigenvalue weighted by atomic mass is 9.96. The van der Waals surface area contributed by atoms with Gasteiger partial charge in [0.25, 0.3) is 0 Å². The molecule has 0 bridgehead atoms. The molecule has 1 aliphatic heterocycles. The molecule has 170 valence electrons. The first-order valence-electron chi connectivity index (χ1n) is 11.3. The van der Waals surface area contributed by atoms with E-state index < -0.39 is 0 Å². The summed E-state index contributed by atoms with van der Waals surface area (Å²) in [6.45, 7) is 4.97. The van der Waals surface area contributed by atoms with Crippen molar-refractivity contribution in [1.82, 2.24) is 14.7 Å². The third-order valence-corrected chi connectivity index (χ3v) is 6.31. The highest BCUT2D eigenvalue weighted by atomic mass is 19.1. The van der Waals surface area contributed by atoms with Crippen molar-refractivity contribution in [3.63, 3.8) is 0 Å². The third kappa shape index (κ3) is 3.88. The van der Waals surface area contributed by atoms with Gasteiger partial charge in [-0.15, -0.1) is 0 Å². The predicted molar refractivity (Wildman–Crippen MR) is 125 cm³/mol. The Morgan fingerprint density at radius 3 is 2.70 bits per heavy atom. The number of nitrogens with zero attached hydrogens (tertiary/aromatic N) is 4. The lowest BCUT2D eigenvalue weighted by Crippen LogP contribution is -2.32. The first-order chi connectivity index (χ1) is 16.1. The molecule has 0 N–H and O–H groups in total. The molecule has 0 amide bonds. The van der Waals surface area contributed by atoms with Crippen LogP contribution in [0.25, 0.3) is 16.9 Å². The van der Waals surface area contributed by atoms with E-state index in [9.17, 15) is 4.39 Å². The summed E-state index contributed by atoms with van der Waals surface area (Å²) in [4.78, 5) is 6.58. The minimum Gasteiger partial charge on any atom is -0.495 e. The molecule has 33 heavy (non-hydrogen) atoms. The monoisotopic (exact) mass is 446 g/mol. The van der Waals surface area contributed by atoms with Gasteiger partial charge in [-0.1, -0.05) is 30.3 Å². The van der Waals surface area contributed by atoms with Gasteiger partial charge in [0.2, 0.25) is 5.88 Å². The second-order valence-electron chi connectivity index (χ2n) is 8.40. The molecule has 2 aromatic carbocycles. The molecule has 0 saturated carbocycles. The van der Waals surface area contributed by atoms with Crippen LogP contribution < -0.4 is 9.64 Å². The Morgan fingerprint density at radius 2 is 2.00 bits per heavy atom. The zero-order valence-electron chi connectivity index (χ0n) is 19.1. The van der Waals surface area contributed by atoms with Gasteiger partial charge in [-0.25, -0.2) is 9.37 Å². The van der Waals surface area contributed by atoms with Crippen LogP contribution in [0, 0.1) is 12.7 Å². The van der Waals surface area contributed by atoms with Crippen LogP contribution in [0.1, 0.15) is 42.6 Å². The Morgan fingerprint density at radius 1 is 1.18 bits per heavy atom. The molecule has 7 heteroatoms. The van der Waals surface area contributed by atoms with Crippen LogP contribution in [-0.2, 0) is 6.42 Å². The van der Waals surface area contributed by atoms with Crippen molar-refractivity contribution in [1.29, 1.82) is 0 Å². The highest BCUT2D eigenvalue weighted by Gasteiger charge is 2.31. The first-order valence-corrected chi connectivity index (χ1v) is 11.3. The maximum absolute atomic E-state index is 13.5. The Labute approximate surface area is 192 Å². The molecule has 6 nitrogen and oxygen atoms in total. The van der Waals surface area contributed by atoms with Gasteiger partial charge in [-0.3, -0.25) is 0 Å². The zero-order valence-corrected chi connectivity index (χ0v) is 19.1. The zero-order chi connectivity index (χ0) is 22.9. The SMILES string of the molecule is CCC(c1ccc(F)cc1)N1CCCc2c(-c3ccc(-n4cnc(C)c4)c(OC)c3)noc21. The van der Waals surface area contributed by atoms with Gasteiger partial charge in [0.05, 0.1) is 30.9 Å². The largest absolute Gasteiger partial charge is 0.495 e. The Kier molecular flexibility index (Phi) is 5.62. The fourth-order valence-electron chi connectivity index (χ4n) is 4.72. The number of halogens is 1. The Bertz CT molecular complexity index is 1260. The normalized spacial score (nSPS) is 14.2. The van der Waals surface area contributed by atoms with Crippen LogP contribution in [0.3, 0.4) is 0 Å². The van der Waals surface area contributed by atoms with Gasteiger partial charge in [-0.05, 0) is 56.0 Å². The van der Waals surface area contributed by atoms with Crippen molar-refractivity contribution in [2.75, 3.05) is 18.6 Å².